The van der Waals surface area contributed by atoms with Gasteiger partial charge in [-0.3, -0.25) is 24.0 Å². The fourth-order valence-electron chi connectivity index (χ4n) is 13.6. The molecule has 7 aromatic carbocycles. The van der Waals surface area contributed by atoms with Crippen LogP contribution in [0.25, 0.3) is 54.5 Å². The lowest BCUT2D eigenvalue weighted by Crippen LogP contribution is -2.59. The van der Waals surface area contributed by atoms with Gasteiger partial charge in [0.2, 0.25) is 5.89 Å². The van der Waals surface area contributed by atoms with Crippen LogP contribution in [0.1, 0.15) is 160 Å². The Morgan fingerprint density at radius 2 is 0.897 bits per heavy atom. The van der Waals surface area contributed by atoms with Crippen molar-refractivity contribution in [3.63, 3.8) is 0 Å². The minimum absolute atomic E-state index is 0.0293. The molecule has 5 amide bonds. The molecule has 2 aliphatic heterocycles. The minimum atomic E-state index is -2.54. The number of nitrogens with zero attached hydrogens (tertiary/aromatic N) is 6. The van der Waals surface area contributed by atoms with Crippen molar-refractivity contribution >= 4 is 107 Å². The zero-order valence-corrected chi connectivity index (χ0v) is 63.9. The zero-order chi connectivity index (χ0) is 81.2. The topological polar surface area (TPSA) is 381 Å². The largest absolute Gasteiger partial charge is 0.376 e. The number of aryl methyl sites for hydroxylation is 3. The number of rotatable bonds is 16. The molecule has 2 saturated heterocycles. The van der Waals surface area contributed by atoms with E-state index in [2.05, 4.69) is 84.1 Å². The van der Waals surface area contributed by atoms with Gasteiger partial charge in [0.1, 0.15) is 62.5 Å². The summed E-state index contributed by atoms with van der Waals surface area (Å²) in [6, 6.07) is 58.7. The lowest BCUT2D eigenvalue weighted by atomic mass is 9.88. The smallest absolute Gasteiger partial charge is 0.268 e. The molecule has 26 nitrogen and oxygen atoms in total. The molecule has 1 atom stereocenters. The van der Waals surface area contributed by atoms with Crippen molar-refractivity contribution < 1.29 is 60.2 Å². The van der Waals surface area contributed by atoms with Crippen molar-refractivity contribution in [2.45, 2.75) is 88.0 Å². The molecule has 586 valence electrons. The summed E-state index contributed by atoms with van der Waals surface area (Å²) in [5.74, 6) is 0.614. The molecule has 2 saturated carbocycles. The normalized spacial score (nSPS) is 15.1. The Hall–Kier alpha value is -13.6. The molecule has 19 rings (SSSR count). The molecule has 15 aromatic rings. The molecular formula is C85H71Cl2F3N16O10. The molecule has 0 bridgehead atoms. The fourth-order valence-corrected chi connectivity index (χ4v) is 13.9. The van der Waals surface area contributed by atoms with Gasteiger partial charge in [-0.2, -0.15) is 15.5 Å². The van der Waals surface area contributed by atoms with Crippen LogP contribution in [0.4, 0.5) is 13.2 Å². The molecule has 8 aromatic heterocycles. The van der Waals surface area contributed by atoms with Crippen molar-refractivity contribution in [3.05, 3.63) is 295 Å². The molecule has 31 heteroatoms. The third kappa shape index (κ3) is 16.6. The SMILES string of the molecule is Cc1cc(C2(NC(=O)c3cc4cc(C#N)ccc4[nH]3)CC2)no1.Cc1cc(C2(NC(=O)c3cc4cc(Cl)ccc4[nH]3)CC2)no1.Cc1nc(C(C)NC(=O)c2cc3cc(C#N)ccc3[nH]2)no1.O=C(NC1(c2ccccc2)COC1)c1cc2c(F)c(Cl)ccc2[nH]1.O=C(NC1(c2ccccc2)COC1)c1cc2ccc(C(F)F)cc2[nH]1. The van der Waals surface area contributed by atoms with Crippen LogP contribution in [0, 0.1) is 49.3 Å². The van der Waals surface area contributed by atoms with E-state index in [9.17, 15) is 37.1 Å². The molecule has 10 N–H and O–H groups in total. The number of nitriles is 2. The molecule has 4 fully saturated rings. The Bertz CT molecular complexity index is 6330. The number of fused-ring (bicyclic) bond motifs is 5. The number of carbonyl (C=O) groups excluding carboxylic acids is 5. The van der Waals surface area contributed by atoms with E-state index in [0.29, 0.717) is 98.9 Å². The maximum Gasteiger partial charge on any atom is 0.268 e. The van der Waals surface area contributed by atoms with Gasteiger partial charge in [0.05, 0.1) is 71.8 Å². The van der Waals surface area contributed by atoms with E-state index in [4.69, 9.17) is 56.8 Å². The van der Waals surface area contributed by atoms with Crippen LogP contribution in [-0.2, 0) is 31.6 Å². The number of H-pyrrole nitrogens is 5. The van der Waals surface area contributed by atoms with E-state index < -0.39 is 28.9 Å². The number of alkyl halides is 2. The number of halogens is 5. The monoisotopic (exact) mass is 1600 g/mol. The van der Waals surface area contributed by atoms with Crippen molar-refractivity contribution in [3.8, 4) is 12.1 Å². The first-order valence-corrected chi connectivity index (χ1v) is 37.4. The van der Waals surface area contributed by atoms with E-state index in [1.807, 2.05) is 98.8 Å². The van der Waals surface area contributed by atoms with E-state index in [1.54, 1.807) is 92.7 Å². The molecule has 10 heterocycles. The highest BCUT2D eigenvalue weighted by atomic mass is 35.5. The summed E-state index contributed by atoms with van der Waals surface area (Å²) in [4.78, 5) is 81.8. The van der Waals surface area contributed by atoms with Gasteiger partial charge in [-0.15, -0.1) is 0 Å². The summed E-state index contributed by atoms with van der Waals surface area (Å²) in [7, 11) is 0. The van der Waals surface area contributed by atoms with Gasteiger partial charge in [-0.1, -0.05) is 111 Å². The number of nitrogens with one attached hydrogen (secondary N) is 10. The lowest BCUT2D eigenvalue weighted by molar-refractivity contribution is -0.0734. The molecule has 0 spiro atoms. The van der Waals surface area contributed by atoms with Gasteiger partial charge in [-0.05, 0) is 161 Å². The van der Waals surface area contributed by atoms with Crippen LogP contribution < -0.4 is 26.6 Å². The highest BCUT2D eigenvalue weighted by molar-refractivity contribution is 6.32. The first-order valence-electron chi connectivity index (χ1n) is 36.7. The second-order valence-electron chi connectivity index (χ2n) is 28.8. The van der Waals surface area contributed by atoms with Gasteiger partial charge >= 0.3 is 0 Å². The van der Waals surface area contributed by atoms with Crippen molar-refractivity contribution in [1.82, 2.24) is 72.0 Å². The summed E-state index contributed by atoms with van der Waals surface area (Å²) in [6.07, 6.45) is 0.902. The number of aromatic amines is 5. The quantitative estimate of drug-likeness (QED) is 0.0430. The third-order valence-corrected chi connectivity index (χ3v) is 20.9. The second-order valence-corrected chi connectivity index (χ2v) is 29.7. The number of carbonyl (C=O) groups is 5. The Morgan fingerprint density at radius 1 is 0.466 bits per heavy atom. The summed E-state index contributed by atoms with van der Waals surface area (Å²) in [6.45, 7) is 8.76. The van der Waals surface area contributed by atoms with Crippen molar-refractivity contribution in [2.24, 2.45) is 0 Å². The van der Waals surface area contributed by atoms with Crippen LogP contribution in [0.2, 0.25) is 10.0 Å². The number of benzene rings is 7. The Balaban J connectivity index is 0.000000114. The number of hydrogen-bond donors (Lipinski definition) is 10. The number of ether oxygens (including phenoxy) is 2. The fraction of sp³-hybridized carbons (Fsp3) is 0.212. The Morgan fingerprint density at radius 3 is 1.33 bits per heavy atom. The van der Waals surface area contributed by atoms with Gasteiger partial charge in [0, 0.05) is 84.2 Å². The number of aromatic nitrogens is 9. The average Bonchev–Trinajstić information content (AvgIpc) is 1.66. The Kier molecular flexibility index (Phi) is 21.5. The zero-order valence-electron chi connectivity index (χ0n) is 62.4. The molecule has 2 aliphatic carbocycles. The van der Waals surface area contributed by atoms with E-state index in [0.717, 1.165) is 92.4 Å². The highest BCUT2D eigenvalue weighted by Crippen LogP contribution is 2.47. The van der Waals surface area contributed by atoms with E-state index >= 15 is 0 Å². The van der Waals surface area contributed by atoms with E-state index in [-0.39, 0.29) is 57.4 Å². The van der Waals surface area contributed by atoms with Crippen LogP contribution in [0.5, 0.6) is 0 Å². The van der Waals surface area contributed by atoms with Gasteiger partial charge in [0.15, 0.2) is 11.6 Å². The first kappa shape index (κ1) is 77.7. The van der Waals surface area contributed by atoms with Gasteiger partial charge in [0.25, 0.3) is 36.0 Å². The van der Waals surface area contributed by atoms with Gasteiger partial charge < -0.3 is 74.5 Å². The van der Waals surface area contributed by atoms with Crippen LogP contribution >= 0.6 is 23.2 Å². The standard InChI is InChI=1S/C19H16F2N2O2.C18H14ClFN2O2.C17H14N4O2.C16H14ClN3O2.C15H13N5O2/c20-17(21)13-7-6-12-8-16(22-15(12)9-13)18(24)23-19(10-25-11-19)14-4-2-1-3-5-14;19-13-6-7-14-12(16(13)20)8-15(21-14)17(23)22-18(9-24-10-18)11-4-2-1-3-5-11;1-10-6-15(21-23-10)17(4-5-17)20-16(22)14-8-12-7-11(9-18)2-3-13(12)19-14;1-9-6-14(20-22-9)16(4-5-16)19-15(21)13-8-10-7-11(17)2-3-12(10)18-13;1-8(14-18-9(2)22-20-14)17-15(21)13-6-11-5-10(7-16)3-4-12(11)19-13/h1-9,17,22H,10-11H2,(H,23,24);1-8,21H,9-10H2,(H,22,23);2-3,6-8,19H,4-5H2,1H3,(H,20,22);2-3,6-8,18H,4-5H2,1H3,(H,19,21);3-6,8,19H,1-2H3,(H,17,21). The highest BCUT2D eigenvalue weighted by Gasteiger charge is 2.50. The van der Waals surface area contributed by atoms with Crippen molar-refractivity contribution in [2.75, 3.05) is 26.4 Å². The molecule has 0 radical (unpaired) electrons. The van der Waals surface area contributed by atoms with Gasteiger partial charge in [-0.25, -0.2) is 13.2 Å². The number of amides is 5. The molecule has 4 aliphatic rings. The van der Waals surface area contributed by atoms with Crippen LogP contribution in [0.15, 0.2) is 202 Å². The molecular weight excluding hydrogens is 1530 g/mol. The summed E-state index contributed by atoms with van der Waals surface area (Å²) < 4.78 is 65.5. The third-order valence-electron chi connectivity index (χ3n) is 20.4. The predicted octanol–water partition coefficient (Wildman–Crippen LogP) is 15.9. The first-order chi connectivity index (χ1) is 55.9. The molecule has 1 unspecified atom stereocenters. The second kappa shape index (κ2) is 32.1. The summed E-state index contributed by atoms with van der Waals surface area (Å²) in [5.41, 5.74) is 8.25. The van der Waals surface area contributed by atoms with E-state index in [1.165, 1.54) is 24.3 Å². The van der Waals surface area contributed by atoms with Crippen LogP contribution in [-0.4, -0.2) is 101 Å². The maximum absolute atomic E-state index is 14.1. The predicted molar refractivity (Wildman–Crippen MR) is 423 cm³/mol. The minimum Gasteiger partial charge on any atom is -0.376 e. The summed E-state index contributed by atoms with van der Waals surface area (Å²) in [5, 5.41) is 48.9. The lowest BCUT2D eigenvalue weighted by Gasteiger charge is -2.42. The maximum atomic E-state index is 14.1. The van der Waals surface area contributed by atoms with Crippen molar-refractivity contribution in [1.29, 1.82) is 10.5 Å². The molecule has 116 heavy (non-hydrogen) atoms. The van der Waals surface area contributed by atoms with Crippen LogP contribution in [0.3, 0.4) is 0 Å². The summed E-state index contributed by atoms with van der Waals surface area (Å²) >= 11 is 11.8. The Labute approximate surface area is 667 Å². The average molecular weight is 1600 g/mol. The number of hydrogen-bond acceptors (Lipinski definition) is 16.